The summed E-state index contributed by atoms with van der Waals surface area (Å²) < 4.78 is 0. The Bertz CT molecular complexity index is 297. The number of hydrogen-bond acceptors (Lipinski definition) is 2. The Morgan fingerprint density at radius 2 is 1.92 bits per heavy atom. The van der Waals surface area contributed by atoms with Crippen molar-refractivity contribution in [2.45, 2.75) is 13.3 Å². The highest BCUT2D eigenvalue weighted by molar-refractivity contribution is 5.93. The number of anilines is 2. The lowest BCUT2D eigenvalue weighted by atomic mass is 10.2. The lowest BCUT2D eigenvalue weighted by Gasteiger charge is -2.08. The summed E-state index contributed by atoms with van der Waals surface area (Å²) in [5.41, 5.74) is 1.76. The third-order valence-electron chi connectivity index (χ3n) is 1.79. The van der Waals surface area contributed by atoms with Crippen LogP contribution in [0, 0.1) is 0 Å². The molecule has 13 heavy (non-hydrogen) atoms. The molecule has 0 aliphatic rings. The van der Waals surface area contributed by atoms with Crippen LogP contribution in [0.4, 0.5) is 11.4 Å². The molecule has 0 saturated carbocycles. The number of rotatable bonds is 3. The minimum absolute atomic E-state index is 0.0303. The Labute approximate surface area is 78.2 Å². The number of nitrogens with one attached hydrogen (secondary N) is 2. The van der Waals surface area contributed by atoms with Crippen LogP contribution in [0.15, 0.2) is 24.3 Å². The van der Waals surface area contributed by atoms with Crippen molar-refractivity contribution in [3.63, 3.8) is 0 Å². The average molecular weight is 178 g/mol. The predicted octanol–water partition coefficient (Wildman–Crippen LogP) is 2.08. The maximum Gasteiger partial charge on any atom is 0.224 e. The first kappa shape index (κ1) is 9.58. The van der Waals surface area contributed by atoms with Crippen LogP contribution in [0.1, 0.15) is 13.3 Å². The van der Waals surface area contributed by atoms with E-state index in [0.29, 0.717) is 6.42 Å². The van der Waals surface area contributed by atoms with E-state index in [4.69, 9.17) is 0 Å². The van der Waals surface area contributed by atoms with Gasteiger partial charge in [0.2, 0.25) is 5.91 Å². The minimum Gasteiger partial charge on any atom is -0.386 e. The van der Waals surface area contributed by atoms with E-state index in [-0.39, 0.29) is 5.91 Å². The highest BCUT2D eigenvalue weighted by Crippen LogP contribution is 2.19. The lowest BCUT2D eigenvalue weighted by molar-refractivity contribution is -0.115. The molecule has 0 unspecified atom stereocenters. The zero-order valence-electron chi connectivity index (χ0n) is 7.92. The largest absolute Gasteiger partial charge is 0.386 e. The number of carbonyl (C=O) groups is 1. The maximum atomic E-state index is 11.1. The van der Waals surface area contributed by atoms with Crippen LogP contribution in [0.5, 0.6) is 0 Å². The van der Waals surface area contributed by atoms with Crippen LogP contribution < -0.4 is 10.6 Å². The van der Waals surface area contributed by atoms with E-state index < -0.39 is 0 Å². The van der Waals surface area contributed by atoms with Crippen molar-refractivity contribution in [1.82, 2.24) is 0 Å². The van der Waals surface area contributed by atoms with E-state index >= 15 is 0 Å². The summed E-state index contributed by atoms with van der Waals surface area (Å²) in [7, 11) is 1.83. The Kier molecular flexibility index (Phi) is 3.31. The molecule has 0 aliphatic heterocycles. The van der Waals surface area contributed by atoms with Crippen molar-refractivity contribution in [1.29, 1.82) is 0 Å². The molecule has 70 valence electrons. The summed E-state index contributed by atoms with van der Waals surface area (Å²) in [4.78, 5) is 11.1. The zero-order valence-corrected chi connectivity index (χ0v) is 7.92. The van der Waals surface area contributed by atoms with Gasteiger partial charge in [0.1, 0.15) is 0 Å². The topological polar surface area (TPSA) is 41.1 Å². The highest BCUT2D eigenvalue weighted by Gasteiger charge is 2.01. The molecule has 1 aromatic carbocycles. The zero-order chi connectivity index (χ0) is 9.68. The standard InChI is InChI=1S/C10H14N2O/c1-3-10(13)12-9-7-5-4-6-8(9)11-2/h4-7,11H,3H2,1-2H3,(H,12,13). The van der Waals surface area contributed by atoms with E-state index in [9.17, 15) is 4.79 Å². The van der Waals surface area contributed by atoms with Crippen LogP contribution in [-0.4, -0.2) is 13.0 Å². The van der Waals surface area contributed by atoms with Crippen molar-refractivity contribution in [2.24, 2.45) is 0 Å². The van der Waals surface area contributed by atoms with E-state index in [1.165, 1.54) is 0 Å². The fourth-order valence-electron chi connectivity index (χ4n) is 1.05. The molecule has 0 spiro atoms. The summed E-state index contributed by atoms with van der Waals surface area (Å²) in [6.45, 7) is 1.83. The van der Waals surface area contributed by atoms with Gasteiger partial charge < -0.3 is 10.6 Å². The van der Waals surface area contributed by atoms with Gasteiger partial charge in [-0.05, 0) is 12.1 Å². The molecule has 0 aromatic heterocycles. The van der Waals surface area contributed by atoms with Gasteiger partial charge >= 0.3 is 0 Å². The van der Waals surface area contributed by atoms with Gasteiger partial charge in [0.25, 0.3) is 0 Å². The first-order valence-corrected chi connectivity index (χ1v) is 4.34. The lowest BCUT2D eigenvalue weighted by Crippen LogP contribution is -2.10. The summed E-state index contributed by atoms with van der Waals surface area (Å²) >= 11 is 0. The van der Waals surface area contributed by atoms with Crippen molar-refractivity contribution in [3.8, 4) is 0 Å². The molecule has 3 heteroatoms. The molecule has 0 saturated heterocycles. The SMILES string of the molecule is CCC(=O)Nc1ccccc1NC. The molecule has 0 radical (unpaired) electrons. The molecular weight excluding hydrogens is 164 g/mol. The van der Waals surface area contributed by atoms with Crippen LogP contribution in [0.2, 0.25) is 0 Å². The molecule has 3 nitrogen and oxygen atoms in total. The quantitative estimate of drug-likeness (QED) is 0.744. The fourth-order valence-corrected chi connectivity index (χ4v) is 1.05. The predicted molar refractivity (Wildman–Crippen MR) is 54.9 cm³/mol. The van der Waals surface area contributed by atoms with Gasteiger partial charge in [-0.1, -0.05) is 19.1 Å². The molecule has 0 atom stereocenters. The molecule has 0 aliphatic carbocycles. The van der Waals surface area contributed by atoms with E-state index in [0.717, 1.165) is 11.4 Å². The molecule has 1 amide bonds. The molecular formula is C10H14N2O. The molecule has 1 aromatic rings. The van der Waals surface area contributed by atoms with Crippen molar-refractivity contribution >= 4 is 17.3 Å². The van der Waals surface area contributed by atoms with Gasteiger partial charge in [0.05, 0.1) is 11.4 Å². The van der Waals surface area contributed by atoms with E-state index in [1.807, 2.05) is 38.2 Å². The average Bonchev–Trinajstić information content (AvgIpc) is 2.18. The fraction of sp³-hybridized carbons (Fsp3) is 0.300. The molecule has 0 heterocycles. The second-order valence-corrected chi connectivity index (χ2v) is 2.70. The number of hydrogen-bond donors (Lipinski definition) is 2. The number of amides is 1. The summed E-state index contributed by atoms with van der Waals surface area (Å²) in [5, 5.41) is 5.82. The van der Waals surface area contributed by atoms with Crippen LogP contribution in [0.3, 0.4) is 0 Å². The second-order valence-electron chi connectivity index (χ2n) is 2.70. The Morgan fingerprint density at radius 3 is 2.46 bits per heavy atom. The number of para-hydroxylation sites is 2. The van der Waals surface area contributed by atoms with Gasteiger partial charge in [-0.15, -0.1) is 0 Å². The van der Waals surface area contributed by atoms with Gasteiger partial charge in [0, 0.05) is 13.5 Å². The summed E-state index contributed by atoms with van der Waals surface area (Å²) in [6.07, 6.45) is 0.498. The maximum absolute atomic E-state index is 11.1. The second kappa shape index (κ2) is 4.50. The van der Waals surface area contributed by atoms with E-state index in [1.54, 1.807) is 0 Å². The van der Waals surface area contributed by atoms with Crippen LogP contribution in [0.25, 0.3) is 0 Å². The summed E-state index contributed by atoms with van der Waals surface area (Å²) in [5.74, 6) is 0.0303. The van der Waals surface area contributed by atoms with Gasteiger partial charge in [0.15, 0.2) is 0 Å². The minimum atomic E-state index is 0.0303. The van der Waals surface area contributed by atoms with Crippen LogP contribution >= 0.6 is 0 Å². The molecule has 1 rings (SSSR count). The third kappa shape index (κ3) is 2.47. The Balaban J connectivity index is 2.81. The first-order valence-electron chi connectivity index (χ1n) is 4.34. The molecule has 2 N–H and O–H groups in total. The Morgan fingerprint density at radius 1 is 1.31 bits per heavy atom. The van der Waals surface area contributed by atoms with Crippen molar-refractivity contribution < 1.29 is 4.79 Å². The highest BCUT2D eigenvalue weighted by atomic mass is 16.1. The summed E-state index contributed by atoms with van der Waals surface area (Å²) in [6, 6.07) is 7.62. The Hall–Kier alpha value is -1.51. The van der Waals surface area contributed by atoms with Gasteiger partial charge in [-0.2, -0.15) is 0 Å². The third-order valence-corrected chi connectivity index (χ3v) is 1.79. The molecule has 0 fully saturated rings. The first-order chi connectivity index (χ1) is 6.27. The normalized spacial score (nSPS) is 9.38. The van der Waals surface area contributed by atoms with Crippen molar-refractivity contribution in [2.75, 3.05) is 17.7 Å². The van der Waals surface area contributed by atoms with Gasteiger partial charge in [-0.3, -0.25) is 4.79 Å². The van der Waals surface area contributed by atoms with E-state index in [2.05, 4.69) is 10.6 Å². The van der Waals surface area contributed by atoms with Crippen molar-refractivity contribution in [3.05, 3.63) is 24.3 Å². The molecule has 0 bridgehead atoms. The number of carbonyl (C=O) groups excluding carboxylic acids is 1. The van der Waals surface area contributed by atoms with Crippen LogP contribution in [-0.2, 0) is 4.79 Å². The van der Waals surface area contributed by atoms with Gasteiger partial charge in [-0.25, -0.2) is 0 Å². The number of benzene rings is 1. The monoisotopic (exact) mass is 178 g/mol. The smallest absolute Gasteiger partial charge is 0.224 e.